The maximum atomic E-state index is 12.3. The van der Waals surface area contributed by atoms with Crippen molar-refractivity contribution in [1.82, 2.24) is 5.32 Å². The number of hydrogen-bond donors (Lipinski definition) is 1. The van der Waals surface area contributed by atoms with Crippen molar-refractivity contribution in [2.45, 2.75) is 44.6 Å². The van der Waals surface area contributed by atoms with Crippen LogP contribution in [0.25, 0.3) is 0 Å². The summed E-state index contributed by atoms with van der Waals surface area (Å²) in [6.07, 6.45) is 6.26. The molecule has 1 aromatic carbocycles. The number of hydrogen-bond acceptors (Lipinski definition) is 3. The van der Waals surface area contributed by atoms with Gasteiger partial charge < -0.3 is 10.1 Å². The van der Waals surface area contributed by atoms with Crippen LogP contribution >= 0.6 is 0 Å². The molecule has 0 saturated carbocycles. The van der Waals surface area contributed by atoms with Crippen LogP contribution in [0.4, 0.5) is 0 Å². The molecule has 3 heteroatoms. The standard InChI is InChI=1S/C16H21NO2/c18-15(8-7-13-5-1-2-10-17-13)14-6-3-4-12-9-11-19-16(12)14/h3-4,6,13,17H,1-2,5,7-11H2. The Balaban J connectivity index is 1.62. The summed E-state index contributed by atoms with van der Waals surface area (Å²) < 4.78 is 5.61. The first kappa shape index (κ1) is 12.7. The van der Waals surface area contributed by atoms with E-state index in [1.165, 1.54) is 24.8 Å². The van der Waals surface area contributed by atoms with Crippen LogP contribution in [-0.2, 0) is 6.42 Å². The monoisotopic (exact) mass is 259 g/mol. The van der Waals surface area contributed by atoms with Crippen LogP contribution in [0.15, 0.2) is 18.2 Å². The fourth-order valence-electron chi connectivity index (χ4n) is 3.05. The molecule has 0 amide bonds. The summed E-state index contributed by atoms with van der Waals surface area (Å²) in [7, 11) is 0. The third-order valence-corrected chi connectivity index (χ3v) is 4.15. The highest BCUT2D eigenvalue weighted by atomic mass is 16.5. The molecule has 2 aliphatic heterocycles. The van der Waals surface area contributed by atoms with E-state index in [2.05, 4.69) is 11.4 Å². The average Bonchev–Trinajstić information content (AvgIpc) is 2.94. The van der Waals surface area contributed by atoms with Crippen LogP contribution < -0.4 is 10.1 Å². The second-order valence-electron chi connectivity index (χ2n) is 5.50. The maximum absolute atomic E-state index is 12.3. The van der Waals surface area contributed by atoms with Gasteiger partial charge in [0.1, 0.15) is 5.75 Å². The van der Waals surface area contributed by atoms with Crippen molar-refractivity contribution in [3.8, 4) is 5.75 Å². The zero-order chi connectivity index (χ0) is 13.1. The predicted molar refractivity (Wildman–Crippen MR) is 74.8 cm³/mol. The zero-order valence-electron chi connectivity index (χ0n) is 11.3. The minimum absolute atomic E-state index is 0.228. The minimum atomic E-state index is 0.228. The maximum Gasteiger partial charge on any atom is 0.166 e. The van der Waals surface area contributed by atoms with Gasteiger partial charge in [-0.05, 0) is 37.4 Å². The molecule has 0 aromatic heterocycles. The molecular weight excluding hydrogens is 238 g/mol. The molecule has 2 aliphatic rings. The summed E-state index contributed by atoms with van der Waals surface area (Å²) >= 11 is 0. The van der Waals surface area contributed by atoms with Crippen LogP contribution in [0.3, 0.4) is 0 Å². The first-order chi connectivity index (χ1) is 9.34. The Morgan fingerprint density at radius 2 is 2.32 bits per heavy atom. The lowest BCUT2D eigenvalue weighted by Gasteiger charge is -2.23. The van der Waals surface area contributed by atoms with Crippen molar-refractivity contribution in [3.63, 3.8) is 0 Å². The second kappa shape index (κ2) is 5.74. The number of rotatable bonds is 4. The lowest BCUT2D eigenvalue weighted by molar-refractivity contribution is 0.0971. The van der Waals surface area contributed by atoms with Gasteiger partial charge in [-0.15, -0.1) is 0 Å². The summed E-state index contributed by atoms with van der Waals surface area (Å²) in [6, 6.07) is 6.46. The first-order valence-corrected chi connectivity index (χ1v) is 7.36. The predicted octanol–water partition coefficient (Wildman–Crippen LogP) is 2.73. The third-order valence-electron chi connectivity index (χ3n) is 4.15. The highest BCUT2D eigenvalue weighted by Crippen LogP contribution is 2.30. The van der Waals surface area contributed by atoms with E-state index in [1.807, 2.05) is 12.1 Å². The van der Waals surface area contributed by atoms with E-state index < -0.39 is 0 Å². The lowest BCUT2D eigenvalue weighted by Crippen LogP contribution is -2.34. The molecule has 0 radical (unpaired) electrons. The summed E-state index contributed by atoms with van der Waals surface area (Å²) in [5, 5.41) is 3.49. The number of para-hydroxylation sites is 1. The molecule has 2 heterocycles. The number of nitrogens with one attached hydrogen (secondary N) is 1. The molecule has 1 saturated heterocycles. The fraction of sp³-hybridized carbons (Fsp3) is 0.562. The van der Waals surface area contributed by atoms with Gasteiger partial charge in [-0.1, -0.05) is 18.6 Å². The van der Waals surface area contributed by atoms with E-state index in [9.17, 15) is 4.79 Å². The Hall–Kier alpha value is -1.35. The Morgan fingerprint density at radius 1 is 1.37 bits per heavy atom. The van der Waals surface area contributed by atoms with Gasteiger partial charge in [-0.2, -0.15) is 0 Å². The van der Waals surface area contributed by atoms with Crippen LogP contribution in [0.5, 0.6) is 5.75 Å². The third kappa shape index (κ3) is 2.81. The number of fused-ring (bicyclic) bond motifs is 1. The highest BCUT2D eigenvalue weighted by Gasteiger charge is 2.21. The van der Waals surface area contributed by atoms with Crippen LogP contribution in [0.1, 0.15) is 48.0 Å². The van der Waals surface area contributed by atoms with E-state index in [1.54, 1.807) is 0 Å². The van der Waals surface area contributed by atoms with Gasteiger partial charge in [0.2, 0.25) is 0 Å². The minimum Gasteiger partial charge on any atom is -0.492 e. The summed E-state index contributed by atoms with van der Waals surface area (Å²) in [5.41, 5.74) is 1.97. The lowest BCUT2D eigenvalue weighted by atomic mass is 9.96. The van der Waals surface area contributed by atoms with Crippen molar-refractivity contribution in [3.05, 3.63) is 29.3 Å². The molecule has 1 N–H and O–H groups in total. The molecule has 102 valence electrons. The summed E-state index contributed by atoms with van der Waals surface area (Å²) in [5.74, 6) is 1.07. The molecular formula is C16H21NO2. The topological polar surface area (TPSA) is 38.3 Å². The number of Topliss-reactive ketones (excluding diaryl/α,β-unsaturated/α-hetero) is 1. The van der Waals surface area contributed by atoms with Crippen LogP contribution in [0, 0.1) is 0 Å². The Bertz CT molecular complexity index is 464. The van der Waals surface area contributed by atoms with E-state index in [-0.39, 0.29) is 5.78 Å². The van der Waals surface area contributed by atoms with E-state index in [0.717, 1.165) is 30.7 Å². The van der Waals surface area contributed by atoms with Gasteiger partial charge in [-0.25, -0.2) is 0 Å². The molecule has 1 atom stereocenters. The van der Waals surface area contributed by atoms with Gasteiger partial charge in [0.25, 0.3) is 0 Å². The quantitative estimate of drug-likeness (QED) is 0.845. The number of piperidine rings is 1. The Kier molecular flexibility index (Phi) is 3.83. The fourth-order valence-corrected chi connectivity index (χ4v) is 3.05. The van der Waals surface area contributed by atoms with Crippen molar-refractivity contribution in [1.29, 1.82) is 0 Å². The SMILES string of the molecule is O=C(CCC1CCCCN1)c1cccc2c1OCC2. The average molecular weight is 259 g/mol. The van der Waals surface area contributed by atoms with E-state index in [0.29, 0.717) is 19.1 Å². The van der Waals surface area contributed by atoms with E-state index >= 15 is 0 Å². The molecule has 19 heavy (non-hydrogen) atoms. The number of carbonyl (C=O) groups excluding carboxylic acids is 1. The van der Waals surface area contributed by atoms with Gasteiger partial charge in [-0.3, -0.25) is 4.79 Å². The molecule has 1 fully saturated rings. The molecule has 1 aromatic rings. The van der Waals surface area contributed by atoms with Crippen molar-refractivity contribution >= 4 is 5.78 Å². The van der Waals surface area contributed by atoms with Gasteiger partial charge in [0, 0.05) is 18.9 Å². The molecule has 1 unspecified atom stereocenters. The van der Waals surface area contributed by atoms with Crippen molar-refractivity contribution < 1.29 is 9.53 Å². The number of ketones is 1. The van der Waals surface area contributed by atoms with Gasteiger partial charge in [0.05, 0.1) is 12.2 Å². The number of carbonyl (C=O) groups is 1. The summed E-state index contributed by atoms with van der Waals surface area (Å²) in [6.45, 7) is 1.81. The smallest absolute Gasteiger partial charge is 0.166 e. The zero-order valence-corrected chi connectivity index (χ0v) is 11.3. The molecule has 3 nitrogen and oxygen atoms in total. The van der Waals surface area contributed by atoms with E-state index in [4.69, 9.17) is 4.74 Å². The number of benzene rings is 1. The Labute approximate surface area is 114 Å². The second-order valence-corrected chi connectivity index (χ2v) is 5.50. The van der Waals surface area contributed by atoms with Crippen LogP contribution in [0.2, 0.25) is 0 Å². The van der Waals surface area contributed by atoms with Crippen LogP contribution in [-0.4, -0.2) is 25.0 Å². The van der Waals surface area contributed by atoms with Crippen molar-refractivity contribution in [2.75, 3.05) is 13.2 Å². The molecule has 3 rings (SSSR count). The molecule has 0 aliphatic carbocycles. The van der Waals surface area contributed by atoms with Gasteiger partial charge >= 0.3 is 0 Å². The molecule has 0 bridgehead atoms. The Morgan fingerprint density at radius 3 is 3.16 bits per heavy atom. The largest absolute Gasteiger partial charge is 0.492 e. The number of ether oxygens (including phenoxy) is 1. The normalized spacial score (nSPS) is 21.8. The highest BCUT2D eigenvalue weighted by molar-refractivity contribution is 5.99. The first-order valence-electron chi connectivity index (χ1n) is 7.36. The van der Waals surface area contributed by atoms with Crippen molar-refractivity contribution in [2.24, 2.45) is 0 Å². The van der Waals surface area contributed by atoms with Gasteiger partial charge in [0.15, 0.2) is 5.78 Å². The molecule has 0 spiro atoms. The summed E-state index contributed by atoms with van der Waals surface area (Å²) in [4.78, 5) is 12.3.